The minimum Gasteiger partial charge on any atom is -0.451 e. The third-order valence-electron chi connectivity index (χ3n) is 3.88. The molecule has 0 aliphatic heterocycles. The van der Waals surface area contributed by atoms with Gasteiger partial charge in [0.05, 0.1) is 10.2 Å². The van der Waals surface area contributed by atoms with Crippen LogP contribution in [0.1, 0.15) is 16.1 Å². The molecule has 2 N–H and O–H groups in total. The molecule has 0 spiro atoms. The summed E-state index contributed by atoms with van der Waals surface area (Å²) in [5.74, 6) is 0.126. The van der Waals surface area contributed by atoms with E-state index in [-0.39, 0.29) is 5.91 Å². The fourth-order valence-corrected chi connectivity index (χ4v) is 3.55. The van der Waals surface area contributed by atoms with Crippen molar-refractivity contribution < 1.29 is 9.21 Å². The molecule has 0 aliphatic carbocycles. The zero-order valence-corrected chi connectivity index (χ0v) is 14.5. The Morgan fingerprint density at radius 3 is 2.92 bits per heavy atom. The number of carbonyl (C=O) groups excluding carboxylic acids is 1. The van der Waals surface area contributed by atoms with Crippen molar-refractivity contribution in [3.05, 3.63) is 59.9 Å². The van der Waals surface area contributed by atoms with Crippen LogP contribution < -0.4 is 10.6 Å². The van der Waals surface area contributed by atoms with Gasteiger partial charge < -0.3 is 15.1 Å². The van der Waals surface area contributed by atoms with Gasteiger partial charge in [0.1, 0.15) is 5.58 Å². The van der Waals surface area contributed by atoms with E-state index in [9.17, 15) is 4.79 Å². The highest BCUT2D eigenvalue weighted by Crippen LogP contribution is 2.25. The number of furan rings is 1. The predicted octanol–water partition coefficient (Wildman–Crippen LogP) is 4.19. The molecule has 0 aliphatic rings. The first-order valence-corrected chi connectivity index (χ1v) is 8.88. The van der Waals surface area contributed by atoms with Gasteiger partial charge in [0.25, 0.3) is 5.91 Å². The van der Waals surface area contributed by atoms with Crippen molar-refractivity contribution in [1.29, 1.82) is 0 Å². The Morgan fingerprint density at radius 2 is 2.04 bits per heavy atom. The van der Waals surface area contributed by atoms with E-state index in [0.29, 0.717) is 18.8 Å². The van der Waals surface area contributed by atoms with Gasteiger partial charge in [0, 0.05) is 18.5 Å². The Balaban J connectivity index is 1.33. The van der Waals surface area contributed by atoms with Gasteiger partial charge >= 0.3 is 0 Å². The molecule has 0 unspecified atom stereocenters. The van der Waals surface area contributed by atoms with E-state index >= 15 is 0 Å². The monoisotopic (exact) mass is 351 g/mol. The van der Waals surface area contributed by atoms with Crippen LogP contribution in [0.4, 0.5) is 5.13 Å². The summed E-state index contributed by atoms with van der Waals surface area (Å²) in [6, 6.07) is 15.6. The molecule has 1 amide bonds. The van der Waals surface area contributed by atoms with Crippen LogP contribution in [-0.2, 0) is 0 Å². The van der Waals surface area contributed by atoms with Crippen LogP contribution in [0.5, 0.6) is 0 Å². The van der Waals surface area contributed by atoms with E-state index in [1.54, 1.807) is 17.4 Å². The Bertz CT molecular complexity index is 1020. The third-order valence-corrected chi connectivity index (χ3v) is 4.87. The van der Waals surface area contributed by atoms with Gasteiger partial charge in [-0.3, -0.25) is 4.79 Å². The van der Waals surface area contributed by atoms with Crippen LogP contribution in [0, 0.1) is 6.92 Å². The molecule has 0 atom stereocenters. The summed E-state index contributed by atoms with van der Waals surface area (Å²) in [7, 11) is 0. The lowest BCUT2D eigenvalue weighted by Gasteiger charge is -2.03. The van der Waals surface area contributed by atoms with Crippen molar-refractivity contribution in [3.63, 3.8) is 0 Å². The molecular formula is C19H17N3O2S. The van der Waals surface area contributed by atoms with Crippen molar-refractivity contribution in [1.82, 2.24) is 10.3 Å². The maximum atomic E-state index is 12.2. The third kappa shape index (κ3) is 3.34. The number of carbonyl (C=O) groups is 1. The molecule has 0 fully saturated rings. The van der Waals surface area contributed by atoms with Gasteiger partial charge in [-0.2, -0.15) is 0 Å². The number of aryl methyl sites for hydroxylation is 1. The van der Waals surface area contributed by atoms with Gasteiger partial charge in [-0.15, -0.1) is 0 Å². The highest BCUT2D eigenvalue weighted by atomic mass is 32.1. The number of fused-ring (bicyclic) bond motifs is 2. The van der Waals surface area contributed by atoms with Gasteiger partial charge in [-0.1, -0.05) is 35.1 Å². The summed E-state index contributed by atoms with van der Waals surface area (Å²) in [6.45, 7) is 3.11. The van der Waals surface area contributed by atoms with Crippen LogP contribution in [0.3, 0.4) is 0 Å². The molecule has 2 aromatic carbocycles. The summed E-state index contributed by atoms with van der Waals surface area (Å²) < 4.78 is 6.74. The van der Waals surface area contributed by atoms with Gasteiger partial charge in [0.2, 0.25) is 0 Å². The second-order valence-electron chi connectivity index (χ2n) is 5.82. The highest BCUT2D eigenvalue weighted by molar-refractivity contribution is 7.22. The lowest BCUT2D eigenvalue weighted by atomic mass is 10.2. The molecule has 5 nitrogen and oxygen atoms in total. The lowest BCUT2D eigenvalue weighted by Crippen LogP contribution is -2.28. The lowest BCUT2D eigenvalue weighted by molar-refractivity contribution is 0.0929. The second-order valence-corrected chi connectivity index (χ2v) is 6.85. The molecule has 2 heterocycles. The highest BCUT2D eigenvalue weighted by Gasteiger charge is 2.11. The smallest absolute Gasteiger partial charge is 0.287 e. The van der Waals surface area contributed by atoms with Crippen LogP contribution in [0.25, 0.3) is 21.2 Å². The van der Waals surface area contributed by atoms with Crippen LogP contribution in [0.2, 0.25) is 0 Å². The largest absolute Gasteiger partial charge is 0.451 e. The first kappa shape index (κ1) is 15.7. The van der Waals surface area contributed by atoms with Crippen molar-refractivity contribution in [2.24, 2.45) is 0 Å². The summed E-state index contributed by atoms with van der Waals surface area (Å²) >= 11 is 1.60. The van der Waals surface area contributed by atoms with E-state index in [2.05, 4.69) is 15.6 Å². The number of anilines is 1. The number of hydrogen-bond acceptors (Lipinski definition) is 5. The molecule has 126 valence electrons. The number of para-hydroxylation sites is 1. The number of rotatable bonds is 5. The maximum Gasteiger partial charge on any atom is 0.287 e. The Labute approximate surface area is 148 Å². The summed E-state index contributed by atoms with van der Waals surface area (Å²) in [4.78, 5) is 16.7. The quantitative estimate of drug-likeness (QED) is 0.529. The van der Waals surface area contributed by atoms with Crippen molar-refractivity contribution >= 4 is 43.6 Å². The molecule has 0 radical (unpaired) electrons. The number of aromatic nitrogens is 1. The Kier molecular flexibility index (Phi) is 4.11. The molecule has 0 saturated heterocycles. The molecule has 0 bridgehead atoms. The first-order valence-electron chi connectivity index (χ1n) is 8.07. The van der Waals surface area contributed by atoms with Crippen LogP contribution in [-0.4, -0.2) is 24.0 Å². The van der Waals surface area contributed by atoms with E-state index < -0.39 is 0 Å². The fourth-order valence-electron chi connectivity index (χ4n) is 2.66. The minimum absolute atomic E-state index is 0.208. The Hall–Kier alpha value is -2.86. The van der Waals surface area contributed by atoms with Crippen LogP contribution >= 0.6 is 11.3 Å². The van der Waals surface area contributed by atoms with Crippen LogP contribution in [0.15, 0.2) is 52.9 Å². The van der Waals surface area contributed by atoms with Crippen molar-refractivity contribution in [2.45, 2.75) is 6.92 Å². The van der Waals surface area contributed by atoms with Gasteiger partial charge in [-0.25, -0.2) is 4.98 Å². The average molecular weight is 351 g/mol. The predicted molar refractivity (Wildman–Crippen MR) is 101 cm³/mol. The number of thiazole rings is 1. The molecule has 25 heavy (non-hydrogen) atoms. The normalized spacial score (nSPS) is 11.1. The number of benzene rings is 2. The van der Waals surface area contributed by atoms with Gasteiger partial charge in [-0.05, 0) is 37.3 Å². The standard InChI is InChI=1S/C19H17N3O2S/c1-12-6-7-15-13(10-12)11-16(24-15)18(23)20-8-9-21-19-22-14-4-2-3-5-17(14)25-19/h2-7,10-11H,8-9H2,1H3,(H,20,23)(H,21,22). The molecule has 4 aromatic rings. The second kappa shape index (κ2) is 6.57. The van der Waals surface area contributed by atoms with E-state index in [1.165, 1.54) is 0 Å². The zero-order chi connectivity index (χ0) is 17.2. The topological polar surface area (TPSA) is 67.2 Å². The van der Waals surface area contributed by atoms with Crippen molar-refractivity contribution in [2.75, 3.05) is 18.4 Å². The molecule has 6 heteroatoms. The number of amides is 1. The Morgan fingerprint density at radius 1 is 1.16 bits per heavy atom. The molecule has 0 saturated carbocycles. The van der Waals surface area contributed by atoms with E-state index in [0.717, 1.165) is 31.9 Å². The summed E-state index contributed by atoms with van der Waals surface area (Å²) in [6.07, 6.45) is 0. The van der Waals surface area contributed by atoms with Crippen molar-refractivity contribution in [3.8, 4) is 0 Å². The SMILES string of the molecule is Cc1ccc2oc(C(=O)NCCNc3nc4ccccc4s3)cc2c1. The van der Waals surface area contributed by atoms with E-state index in [1.807, 2.05) is 49.4 Å². The number of nitrogens with zero attached hydrogens (tertiary/aromatic N) is 1. The van der Waals surface area contributed by atoms with E-state index in [4.69, 9.17) is 4.42 Å². The first-order chi connectivity index (χ1) is 12.2. The number of hydrogen-bond donors (Lipinski definition) is 2. The average Bonchev–Trinajstić information content (AvgIpc) is 3.21. The summed E-state index contributed by atoms with van der Waals surface area (Å²) in [5, 5.41) is 7.90. The maximum absolute atomic E-state index is 12.2. The zero-order valence-electron chi connectivity index (χ0n) is 13.7. The molecule has 4 rings (SSSR count). The number of nitrogens with one attached hydrogen (secondary N) is 2. The summed E-state index contributed by atoms with van der Waals surface area (Å²) in [5.41, 5.74) is 2.85. The van der Waals surface area contributed by atoms with Gasteiger partial charge in [0.15, 0.2) is 10.9 Å². The molecular weight excluding hydrogens is 334 g/mol. The molecule has 2 aromatic heterocycles. The minimum atomic E-state index is -0.208. The fraction of sp³-hybridized carbons (Fsp3) is 0.158.